The fourth-order valence-corrected chi connectivity index (χ4v) is 3.68. The van der Waals surface area contributed by atoms with Crippen LogP contribution in [-0.2, 0) is 16.1 Å². The van der Waals surface area contributed by atoms with Crippen LogP contribution in [0.5, 0.6) is 5.75 Å². The minimum Gasteiger partial charge on any atom is -0.497 e. The van der Waals surface area contributed by atoms with Gasteiger partial charge in [-0.2, -0.15) is 0 Å². The predicted molar refractivity (Wildman–Crippen MR) is 121 cm³/mol. The first-order valence-corrected chi connectivity index (χ1v) is 10.6. The minimum atomic E-state index is -0.455. The number of methoxy groups -OCH3 is 1. The Morgan fingerprint density at radius 1 is 1.18 bits per heavy atom. The van der Waals surface area contributed by atoms with Crippen molar-refractivity contribution < 1.29 is 23.8 Å². The summed E-state index contributed by atoms with van der Waals surface area (Å²) in [6, 6.07) is 13.5. The number of aliphatic hydroxyl groups excluding tert-OH is 1. The third-order valence-electron chi connectivity index (χ3n) is 5.51. The number of carbonyl (C=O) groups is 2. The number of rotatable bonds is 10. The Labute approximate surface area is 192 Å². The maximum Gasteiger partial charge on any atom is 0.273 e. The number of carbonyl (C=O) groups excluding carboxylic acids is 2. The van der Waals surface area contributed by atoms with Crippen molar-refractivity contribution in [3.05, 3.63) is 77.0 Å². The molecule has 33 heavy (non-hydrogen) atoms. The first kappa shape index (κ1) is 24.1. The summed E-state index contributed by atoms with van der Waals surface area (Å²) in [6.45, 7) is 0.618. The summed E-state index contributed by atoms with van der Waals surface area (Å²) in [6.07, 6.45) is 0.612. The van der Waals surface area contributed by atoms with Crippen molar-refractivity contribution in [3.8, 4) is 5.75 Å². The van der Waals surface area contributed by atoms with Crippen LogP contribution >= 0.6 is 0 Å². The lowest BCUT2D eigenvalue weighted by Crippen LogP contribution is -2.37. The van der Waals surface area contributed by atoms with Gasteiger partial charge in [-0.25, -0.2) is 4.39 Å². The summed E-state index contributed by atoms with van der Waals surface area (Å²) in [4.78, 5) is 29.8. The van der Waals surface area contributed by atoms with Crippen LogP contribution in [-0.4, -0.2) is 66.5 Å². The van der Waals surface area contributed by atoms with Crippen molar-refractivity contribution in [1.29, 1.82) is 0 Å². The van der Waals surface area contributed by atoms with Crippen molar-refractivity contribution in [2.45, 2.75) is 19.1 Å². The molecule has 176 valence electrons. The lowest BCUT2D eigenvalue weighted by atomic mass is 10.1. The second-order valence-electron chi connectivity index (χ2n) is 7.79. The van der Waals surface area contributed by atoms with Crippen LogP contribution < -0.4 is 10.1 Å². The summed E-state index contributed by atoms with van der Waals surface area (Å²) >= 11 is 0. The van der Waals surface area contributed by atoms with Gasteiger partial charge in [-0.3, -0.25) is 9.59 Å². The Hall–Kier alpha value is -3.59. The van der Waals surface area contributed by atoms with Gasteiger partial charge in [0.1, 0.15) is 29.3 Å². The van der Waals surface area contributed by atoms with Crippen molar-refractivity contribution in [2.24, 2.45) is 0 Å². The van der Waals surface area contributed by atoms with Crippen LogP contribution in [0.15, 0.2) is 60.0 Å². The first-order chi connectivity index (χ1) is 15.9. The van der Waals surface area contributed by atoms with Gasteiger partial charge in [-0.15, -0.1) is 0 Å². The number of nitrogens with one attached hydrogen (secondary N) is 1. The van der Waals surface area contributed by atoms with Gasteiger partial charge in [0.25, 0.3) is 5.91 Å². The molecular weight excluding hydrogens is 427 g/mol. The largest absolute Gasteiger partial charge is 0.497 e. The molecule has 2 aromatic rings. The van der Waals surface area contributed by atoms with Crippen LogP contribution in [0.1, 0.15) is 23.7 Å². The van der Waals surface area contributed by atoms with Gasteiger partial charge in [-0.1, -0.05) is 24.3 Å². The molecule has 0 aromatic heterocycles. The van der Waals surface area contributed by atoms with Crippen LogP contribution in [0.2, 0.25) is 0 Å². The summed E-state index contributed by atoms with van der Waals surface area (Å²) in [5.74, 6) is 0.425. The van der Waals surface area contributed by atoms with Gasteiger partial charge < -0.3 is 29.9 Å². The van der Waals surface area contributed by atoms with E-state index in [4.69, 9.17) is 4.74 Å². The van der Waals surface area contributed by atoms with Crippen LogP contribution in [0.3, 0.4) is 0 Å². The summed E-state index contributed by atoms with van der Waals surface area (Å²) in [5, 5.41) is 12.5. The van der Waals surface area contributed by atoms with E-state index >= 15 is 0 Å². The monoisotopic (exact) mass is 456 g/mol. The maximum atomic E-state index is 13.5. The van der Waals surface area contributed by atoms with E-state index in [1.54, 1.807) is 33.3 Å². The number of halogens is 1. The molecule has 1 heterocycles. The standard InChI is InChI=1S/C24H29FN4O4/c1-27(13-4-14-30)24(32)21-23(28(2)16-31)26-22(18-7-11-20(33-3)12-8-18)29(21)15-17-5-9-19(25)10-6-17/h5-12,16,22,26,30H,4,13-15H2,1-3H3. The molecule has 1 aliphatic rings. The molecule has 0 radical (unpaired) electrons. The predicted octanol–water partition coefficient (Wildman–Crippen LogP) is 2.04. The van der Waals surface area contributed by atoms with Crippen molar-refractivity contribution >= 4 is 12.3 Å². The van der Waals surface area contributed by atoms with Gasteiger partial charge in [-0.05, 0) is 41.8 Å². The van der Waals surface area contributed by atoms with Gasteiger partial charge in [0.05, 0.1) is 7.11 Å². The van der Waals surface area contributed by atoms with E-state index in [1.165, 1.54) is 21.9 Å². The van der Waals surface area contributed by atoms with Gasteiger partial charge in [0, 0.05) is 33.8 Å². The van der Waals surface area contributed by atoms with Crippen LogP contribution in [0.25, 0.3) is 0 Å². The van der Waals surface area contributed by atoms with E-state index < -0.39 is 6.17 Å². The molecule has 0 saturated heterocycles. The zero-order valence-corrected chi connectivity index (χ0v) is 19.0. The highest BCUT2D eigenvalue weighted by atomic mass is 19.1. The van der Waals surface area contributed by atoms with Crippen LogP contribution in [0.4, 0.5) is 4.39 Å². The Kier molecular flexibility index (Phi) is 7.89. The topological polar surface area (TPSA) is 85.3 Å². The van der Waals surface area contributed by atoms with Gasteiger partial charge in [0.2, 0.25) is 6.41 Å². The summed E-state index contributed by atoms with van der Waals surface area (Å²) in [7, 11) is 4.81. The molecule has 2 N–H and O–H groups in total. The quantitative estimate of drug-likeness (QED) is 0.533. The molecule has 0 saturated carbocycles. The van der Waals surface area contributed by atoms with Crippen LogP contribution in [0, 0.1) is 5.82 Å². The number of nitrogens with zero attached hydrogens (tertiary/aromatic N) is 3. The second-order valence-corrected chi connectivity index (χ2v) is 7.79. The lowest BCUT2D eigenvalue weighted by molar-refractivity contribution is -0.128. The number of amides is 2. The minimum absolute atomic E-state index is 0.0379. The molecule has 2 amide bonds. The lowest BCUT2D eigenvalue weighted by Gasteiger charge is -2.30. The highest BCUT2D eigenvalue weighted by molar-refractivity contribution is 5.94. The van der Waals surface area contributed by atoms with Crippen molar-refractivity contribution in [1.82, 2.24) is 20.0 Å². The third-order valence-corrected chi connectivity index (χ3v) is 5.51. The molecule has 0 fully saturated rings. The fourth-order valence-electron chi connectivity index (χ4n) is 3.68. The smallest absolute Gasteiger partial charge is 0.273 e. The van der Waals surface area contributed by atoms with E-state index in [1.807, 2.05) is 29.2 Å². The molecule has 1 aliphatic heterocycles. The number of hydrogen-bond donors (Lipinski definition) is 2. The second kappa shape index (κ2) is 10.8. The Morgan fingerprint density at radius 3 is 2.42 bits per heavy atom. The number of aliphatic hydroxyl groups is 1. The Morgan fingerprint density at radius 2 is 1.85 bits per heavy atom. The molecule has 2 aromatic carbocycles. The number of likely N-dealkylation sites (N-methyl/N-ethyl adjacent to an activating group) is 1. The molecule has 0 spiro atoms. The summed E-state index contributed by atoms with van der Waals surface area (Å²) < 4.78 is 18.7. The average Bonchev–Trinajstić information content (AvgIpc) is 3.21. The maximum absolute atomic E-state index is 13.5. The van der Waals surface area contributed by atoms with E-state index in [2.05, 4.69) is 5.32 Å². The molecule has 9 heteroatoms. The normalized spacial score (nSPS) is 15.3. The van der Waals surface area contributed by atoms with E-state index in [9.17, 15) is 19.1 Å². The highest BCUT2D eigenvalue weighted by Gasteiger charge is 2.39. The third kappa shape index (κ3) is 5.43. The zero-order chi connectivity index (χ0) is 24.0. The number of benzene rings is 2. The molecule has 1 atom stereocenters. The molecular formula is C24H29FN4O4. The van der Waals surface area contributed by atoms with E-state index in [0.717, 1.165) is 11.1 Å². The molecule has 3 rings (SSSR count). The Bertz CT molecular complexity index is 995. The number of hydrogen-bond acceptors (Lipinski definition) is 6. The molecule has 8 nitrogen and oxygen atoms in total. The SMILES string of the molecule is COc1ccc(C2NC(N(C)C=O)=C(C(=O)N(C)CCCO)N2Cc2ccc(F)cc2)cc1. The molecule has 1 unspecified atom stereocenters. The summed E-state index contributed by atoms with van der Waals surface area (Å²) in [5.41, 5.74) is 1.97. The van der Waals surface area contributed by atoms with E-state index in [-0.39, 0.29) is 18.3 Å². The van der Waals surface area contributed by atoms with E-state index in [0.29, 0.717) is 43.2 Å². The fraction of sp³-hybridized carbons (Fsp3) is 0.333. The molecule has 0 bridgehead atoms. The zero-order valence-electron chi connectivity index (χ0n) is 19.0. The van der Waals surface area contributed by atoms with Gasteiger partial charge >= 0.3 is 0 Å². The average molecular weight is 457 g/mol. The first-order valence-electron chi connectivity index (χ1n) is 10.6. The number of ether oxygens (including phenoxy) is 1. The Balaban J connectivity index is 2.05. The highest BCUT2D eigenvalue weighted by Crippen LogP contribution is 2.35. The van der Waals surface area contributed by atoms with Gasteiger partial charge in [0.15, 0.2) is 0 Å². The molecule has 0 aliphatic carbocycles. The van der Waals surface area contributed by atoms with Crippen molar-refractivity contribution in [3.63, 3.8) is 0 Å². The van der Waals surface area contributed by atoms with Crippen molar-refractivity contribution in [2.75, 3.05) is 34.4 Å².